The van der Waals surface area contributed by atoms with Gasteiger partial charge in [-0.25, -0.2) is 4.98 Å². The maximum Gasteiger partial charge on any atom is 0.280 e. The molecule has 108 valence electrons. The van der Waals surface area contributed by atoms with E-state index in [0.29, 0.717) is 23.1 Å². The van der Waals surface area contributed by atoms with Crippen molar-refractivity contribution in [3.05, 3.63) is 42.7 Å². The minimum Gasteiger partial charge on any atom is -0.497 e. The van der Waals surface area contributed by atoms with Crippen molar-refractivity contribution in [1.29, 1.82) is 0 Å². The zero-order chi connectivity index (χ0) is 14.9. The molecule has 4 rings (SSSR count). The number of rotatable bonds is 3. The number of hydrogen-bond acceptors (Lipinski definition) is 7. The molecule has 22 heavy (non-hydrogen) atoms. The van der Waals surface area contributed by atoms with Gasteiger partial charge in [-0.2, -0.15) is 4.98 Å². The van der Waals surface area contributed by atoms with Crippen LogP contribution in [0.3, 0.4) is 0 Å². The van der Waals surface area contributed by atoms with Crippen molar-refractivity contribution in [1.82, 2.24) is 20.3 Å². The molecular weight excluding hydrogens is 284 g/mol. The van der Waals surface area contributed by atoms with E-state index in [9.17, 15) is 0 Å². The molecular formula is C15H10N4O3. The highest BCUT2D eigenvalue weighted by molar-refractivity contribution is 5.82. The van der Waals surface area contributed by atoms with Crippen LogP contribution in [0.25, 0.3) is 34.0 Å². The molecule has 0 aliphatic heterocycles. The number of hydrogen-bond donors (Lipinski definition) is 0. The lowest BCUT2D eigenvalue weighted by atomic mass is 10.2. The molecule has 7 nitrogen and oxygen atoms in total. The van der Waals surface area contributed by atoms with E-state index in [1.165, 1.54) is 6.26 Å². The van der Waals surface area contributed by atoms with Crippen molar-refractivity contribution in [2.45, 2.75) is 0 Å². The summed E-state index contributed by atoms with van der Waals surface area (Å²) in [6, 6.07) is 11.1. The van der Waals surface area contributed by atoms with Crippen molar-refractivity contribution < 1.29 is 13.8 Å². The minimum absolute atomic E-state index is 0.292. The fourth-order valence-electron chi connectivity index (χ4n) is 2.11. The van der Waals surface area contributed by atoms with Gasteiger partial charge in [0.1, 0.15) is 17.7 Å². The Balaban J connectivity index is 1.75. The molecule has 0 aliphatic rings. The van der Waals surface area contributed by atoms with Crippen LogP contribution in [0, 0.1) is 0 Å². The van der Waals surface area contributed by atoms with Crippen LogP contribution in [-0.4, -0.2) is 27.4 Å². The van der Waals surface area contributed by atoms with Gasteiger partial charge < -0.3 is 13.8 Å². The predicted octanol–water partition coefficient (Wildman–Crippen LogP) is 2.95. The summed E-state index contributed by atoms with van der Waals surface area (Å²) < 4.78 is 15.1. The fourth-order valence-corrected chi connectivity index (χ4v) is 2.11. The number of methoxy groups -OCH3 is 1. The van der Waals surface area contributed by atoms with Crippen LogP contribution < -0.4 is 4.74 Å². The Morgan fingerprint density at radius 3 is 2.73 bits per heavy atom. The van der Waals surface area contributed by atoms with E-state index < -0.39 is 0 Å². The van der Waals surface area contributed by atoms with Gasteiger partial charge in [0.05, 0.1) is 12.6 Å². The SMILES string of the molecule is COc1ccc2nc(-c3noc(-c4ccon4)n3)ccc2c1. The summed E-state index contributed by atoms with van der Waals surface area (Å²) in [5.74, 6) is 1.48. The van der Waals surface area contributed by atoms with E-state index in [0.717, 1.165) is 16.7 Å². The maximum atomic E-state index is 5.20. The summed E-state index contributed by atoms with van der Waals surface area (Å²) in [6.07, 6.45) is 1.45. The molecule has 7 heteroatoms. The Hall–Kier alpha value is -3.22. The first-order valence-corrected chi connectivity index (χ1v) is 6.53. The number of ether oxygens (including phenoxy) is 1. The van der Waals surface area contributed by atoms with Gasteiger partial charge in [-0.3, -0.25) is 0 Å². The van der Waals surface area contributed by atoms with Crippen LogP contribution >= 0.6 is 0 Å². The van der Waals surface area contributed by atoms with Gasteiger partial charge in [-0.05, 0) is 24.3 Å². The summed E-state index contributed by atoms with van der Waals surface area (Å²) in [5, 5.41) is 8.66. The van der Waals surface area contributed by atoms with E-state index in [4.69, 9.17) is 13.8 Å². The second-order valence-electron chi connectivity index (χ2n) is 4.56. The second-order valence-corrected chi connectivity index (χ2v) is 4.56. The molecule has 0 unspecified atom stereocenters. The lowest BCUT2D eigenvalue weighted by Gasteiger charge is -2.02. The van der Waals surface area contributed by atoms with Crippen molar-refractivity contribution in [2.24, 2.45) is 0 Å². The molecule has 0 saturated heterocycles. The molecule has 0 bridgehead atoms. The molecule has 1 aromatic carbocycles. The highest BCUT2D eigenvalue weighted by Crippen LogP contribution is 2.24. The van der Waals surface area contributed by atoms with Crippen molar-refractivity contribution >= 4 is 10.9 Å². The topological polar surface area (TPSA) is 87.1 Å². The third kappa shape index (κ3) is 2.08. The first-order valence-electron chi connectivity index (χ1n) is 6.53. The molecule has 0 radical (unpaired) electrons. The first kappa shape index (κ1) is 12.5. The van der Waals surface area contributed by atoms with Gasteiger partial charge >= 0.3 is 0 Å². The lowest BCUT2D eigenvalue weighted by Crippen LogP contribution is -1.88. The van der Waals surface area contributed by atoms with Crippen molar-refractivity contribution in [3.8, 4) is 28.9 Å². The number of fused-ring (bicyclic) bond motifs is 1. The van der Waals surface area contributed by atoms with Crippen molar-refractivity contribution in [3.63, 3.8) is 0 Å². The van der Waals surface area contributed by atoms with Crippen LogP contribution in [0.5, 0.6) is 5.75 Å². The summed E-state index contributed by atoms with van der Waals surface area (Å²) >= 11 is 0. The highest BCUT2D eigenvalue weighted by Gasteiger charge is 2.14. The summed E-state index contributed by atoms with van der Waals surface area (Å²) in [6.45, 7) is 0. The molecule has 3 aromatic heterocycles. The maximum absolute atomic E-state index is 5.20. The van der Waals surface area contributed by atoms with E-state index in [1.807, 2.05) is 30.3 Å². The van der Waals surface area contributed by atoms with Crippen LogP contribution in [0.15, 0.2) is 51.7 Å². The molecule has 0 N–H and O–H groups in total. The van der Waals surface area contributed by atoms with E-state index in [2.05, 4.69) is 20.3 Å². The number of aromatic nitrogens is 4. The van der Waals surface area contributed by atoms with Gasteiger partial charge in [-0.1, -0.05) is 16.4 Å². The largest absolute Gasteiger partial charge is 0.497 e. The van der Waals surface area contributed by atoms with Gasteiger partial charge in [0, 0.05) is 11.5 Å². The Morgan fingerprint density at radius 2 is 1.91 bits per heavy atom. The molecule has 0 atom stereocenters. The zero-order valence-electron chi connectivity index (χ0n) is 11.6. The molecule has 0 saturated carbocycles. The van der Waals surface area contributed by atoms with Crippen molar-refractivity contribution in [2.75, 3.05) is 7.11 Å². The van der Waals surface area contributed by atoms with E-state index >= 15 is 0 Å². The molecule has 0 spiro atoms. The quantitative estimate of drug-likeness (QED) is 0.574. The van der Waals surface area contributed by atoms with Crippen LogP contribution in [0.2, 0.25) is 0 Å². The minimum atomic E-state index is 0.292. The van der Waals surface area contributed by atoms with Gasteiger partial charge in [0.2, 0.25) is 5.82 Å². The Bertz CT molecular complexity index is 931. The summed E-state index contributed by atoms with van der Waals surface area (Å²) in [5.41, 5.74) is 1.94. The lowest BCUT2D eigenvalue weighted by molar-refractivity contribution is 0.405. The van der Waals surface area contributed by atoms with E-state index in [-0.39, 0.29) is 0 Å². The molecule has 4 aromatic rings. The Kier molecular flexibility index (Phi) is 2.82. The number of pyridine rings is 1. The molecule has 3 heterocycles. The normalized spacial score (nSPS) is 11.0. The van der Waals surface area contributed by atoms with Crippen LogP contribution in [-0.2, 0) is 0 Å². The predicted molar refractivity (Wildman–Crippen MR) is 77.1 cm³/mol. The smallest absolute Gasteiger partial charge is 0.280 e. The molecule has 0 aliphatic carbocycles. The third-order valence-electron chi connectivity index (χ3n) is 3.21. The Morgan fingerprint density at radius 1 is 0.955 bits per heavy atom. The average molecular weight is 294 g/mol. The first-order chi connectivity index (χ1) is 10.8. The van der Waals surface area contributed by atoms with Gasteiger partial charge in [-0.15, -0.1) is 0 Å². The van der Waals surface area contributed by atoms with Crippen LogP contribution in [0.1, 0.15) is 0 Å². The molecule has 0 amide bonds. The van der Waals surface area contributed by atoms with Crippen LogP contribution in [0.4, 0.5) is 0 Å². The monoisotopic (exact) mass is 294 g/mol. The average Bonchev–Trinajstić information content (AvgIpc) is 3.24. The van der Waals surface area contributed by atoms with Gasteiger partial charge in [0.15, 0.2) is 5.69 Å². The third-order valence-corrected chi connectivity index (χ3v) is 3.21. The summed E-state index contributed by atoms with van der Waals surface area (Å²) in [7, 11) is 1.63. The second kappa shape index (κ2) is 4.96. The van der Waals surface area contributed by atoms with Gasteiger partial charge in [0.25, 0.3) is 5.89 Å². The zero-order valence-corrected chi connectivity index (χ0v) is 11.6. The Labute approximate surface area is 124 Å². The molecule has 0 fully saturated rings. The standard InChI is InChI=1S/C15H10N4O3/c1-20-10-3-5-11-9(8-10)2-4-12(16-11)14-17-15(22-19-14)13-6-7-21-18-13/h2-8H,1H3. The highest BCUT2D eigenvalue weighted by atomic mass is 16.5. The fraction of sp³-hybridized carbons (Fsp3) is 0.0667. The summed E-state index contributed by atoms with van der Waals surface area (Å²) in [4.78, 5) is 8.81. The number of benzene rings is 1. The number of nitrogens with zero attached hydrogens (tertiary/aromatic N) is 4. The van der Waals surface area contributed by atoms with E-state index in [1.54, 1.807) is 13.2 Å².